The van der Waals surface area contributed by atoms with Crippen molar-refractivity contribution in [1.82, 2.24) is 4.90 Å². The Bertz CT molecular complexity index is 710. The van der Waals surface area contributed by atoms with Crippen molar-refractivity contribution in [3.63, 3.8) is 0 Å². The SMILES string of the molecule is CCCN1CCC(O)(Cc2ccc(F)cc2)C(Oc2ccc(O)cc2)C1.Cl. The molecule has 0 aromatic heterocycles. The van der Waals surface area contributed by atoms with E-state index in [4.69, 9.17) is 4.74 Å². The van der Waals surface area contributed by atoms with Gasteiger partial charge in [-0.3, -0.25) is 4.90 Å². The van der Waals surface area contributed by atoms with Gasteiger partial charge in [0.1, 0.15) is 29.0 Å². The van der Waals surface area contributed by atoms with Gasteiger partial charge in [0.25, 0.3) is 0 Å². The zero-order valence-corrected chi connectivity index (χ0v) is 16.3. The highest BCUT2D eigenvalue weighted by Gasteiger charge is 2.43. The topological polar surface area (TPSA) is 52.9 Å². The van der Waals surface area contributed by atoms with Crippen LogP contribution in [-0.2, 0) is 6.42 Å². The summed E-state index contributed by atoms with van der Waals surface area (Å²) in [7, 11) is 0. The second-order valence-electron chi connectivity index (χ2n) is 7.06. The number of hydrogen-bond acceptors (Lipinski definition) is 4. The highest BCUT2D eigenvalue weighted by Crippen LogP contribution is 2.31. The Labute approximate surface area is 166 Å². The molecule has 4 nitrogen and oxygen atoms in total. The molecule has 2 atom stereocenters. The predicted molar refractivity (Wildman–Crippen MR) is 106 cm³/mol. The monoisotopic (exact) mass is 395 g/mol. The first-order chi connectivity index (χ1) is 12.5. The quantitative estimate of drug-likeness (QED) is 0.781. The molecule has 1 heterocycles. The third kappa shape index (κ3) is 5.58. The van der Waals surface area contributed by atoms with E-state index >= 15 is 0 Å². The molecule has 27 heavy (non-hydrogen) atoms. The lowest BCUT2D eigenvalue weighted by molar-refractivity contribution is -0.106. The van der Waals surface area contributed by atoms with E-state index in [9.17, 15) is 14.6 Å². The fourth-order valence-corrected chi connectivity index (χ4v) is 3.52. The predicted octanol–water partition coefficient (Wildman–Crippen LogP) is 3.79. The number of hydrogen-bond donors (Lipinski definition) is 2. The lowest BCUT2D eigenvalue weighted by atomic mass is 9.82. The number of benzene rings is 2. The number of nitrogens with zero attached hydrogens (tertiary/aromatic N) is 1. The number of phenolic OH excluding ortho intramolecular Hbond substituents is 1. The van der Waals surface area contributed by atoms with Crippen LogP contribution in [-0.4, -0.2) is 46.5 Å². The second-order valence-corrected chi connectivity index (χ2v) is 7.06. The maximum atomic E-state index is 13.2. The number of piperidine rings is 1. The molecule has 0 amide bonds. The molecule has 2 unspecified atom stereocenters. The van der Waals surface area contributed by atoms with Gasteiger partial charge in [-0.2, -0.15) is 0 Å². The number of phenols is 1. The lowest BCUT2D eigenvalue weighted by Crippen LogP contribution is -2.59. The van der Waals surface area contributed by atoms with E-state index in [2.05, 4.69) is 11.8 Å². The normalized spacial score (nSPS) is 22.9. The first-order valence-corrected chi connectivity index (χ1v) is 9.13. The molecule has 2 aromatic carbocycles. The summed E-state index contributed by atoms with van der Waals surface area (Å²) >= 11 is 0. The highest BCUT2D eigenvalue weighted by molar-refractivity contribution is 5.85. The molecule has 3 rings (SSSR count). The van der Waals surface area contributed by atoms with Gasteiger partial charge >= 0.3 is 0 Å². The highest BCUT2D eigenvalue weighted by atomic mass is 35.5. The summed E-state index contributed by atoms with van der Waals surface area (Å²) < 4.78 is 19.3. The first-order valence-electron chi connectivity index (χ1n) is 9.13. The number of ether oxygens (including phenoxy) is 1. The zero-order chi connectivity index (χ0) is 18.6. The van der Waals surface area contributed by atoms with E-state index in [1.54, 1.807) is 36.4 Å². The van der Waals surface area contributed by atoms with E-state index in [1.807, 2.05) is 0 Å². The van der Waals surface area contributed by atoms with Crippen LogP contribution < -0.4 is 4.74 Å². The minimum atomic E-state index is -1.03. The number of likely N-dealkylation sites (tertiary alicyclic amines) is 1. The van der Waals surface area contributed by atoms with Crippen molar-refractivity contribution in [2.45, 2.75) is 37.9 Å². The molecule has 148 valence electrons. The number of halogens is 2. The fraction of sp³-hybridized carbons (Fsp3) is 0.429. The Kier molecular flexibility index (Phi) is 7.48. The minimum Gasteiger partial charge on any atom is -0.508 e. The largest absolute Gasteiger partial charge is 0.508 e. The van der Waals surface area contributed by atoms with Crippen LogP contribution in [0.3, 0.4) is 0 Å². The van der Waals surface area contributed by atoms with Gasteiger partial charge < -0.3 is 14.9 Å². The molecular weight excluding hydrogens is 369 g/mol. The smallest absolute Gasteiger partial charge is 0.140 e. The van der Waals surface area contributed by atoms with Crippen LogP contribution in [0.1, 0.15) is 25.3 Å². The summed E-state index contributed by atoms with van der Waals surface area (Å²) in [6, 6.07) is 12.8. The van der Waals surface area contributed by atoms with Crippen LogP contribution >= 0.6 is 12.4 Å². The summed E-state index contributed by atoms with van der Waals surface area (Å²) in [6.07, 6.45) is 1.64. The Morgan fingerprint density at radius 2 is 1.81 bits per heavy atom. The van der Waals surface area contributed by atoms with Crippen LogP contribution in [0.15, 0.2) is 48.5 Å². The van der Waals surface area contributed by atoms with Crippen LogP contribution in [0.25, 0.3) is 0 Å². The van der Waals surface area contributed by atoms with Crippen LogP contribution in [0.4, 0.5) is 4.39 Å². The Morgan fingerprint density at radius 3 is 2.44 bits per heavy atom. The zero-order valence-electron chi connectivity index (χ0n) is 15.5. The van der Waals surface area contributed by atoms with Crippen LogP contribution in [0, 0.1) is 5.82 Å². The molecule has 2 aromatic rings. The van der Waals surface area contributed by atoms with Gasteiger partial charge in [-0.1, -0.05) is 19.1 Å². The van der Waals surface area contributed by atoms with Gasteiger partial charge in [0, 0.05) is 19.5 Å². The maximum Gasteiger partial charge on any atom is 0.140 e. The molecule has 2 N–H and O–H groups in total. The molecule has 0 aliphatic carbocycles. The summed E-state index contributed by atoms with van der Waals surface area (Å²) in [6.45, 7) is 4.53. The molecule has 1 fully saturated rings. The summed E-state index contributed by atoms with van der Waals surface area (Å²) in [4.78, 5) is 2.30. The summed E-state index contributed by atoms with van der Waals surface area (Å²) in [5.41, 5.74) is -0.142. The Morgan fingerprint density at radius 1 is 1.15 bits per heavy atom. The average Bonchev–Trinajstić information content (AvgIpc) is 2.62. The minimum absolute atomic E-state index is 0. The molecule has 0 spiro atoms. The molecule has 0 bridgehead atoms. The second kappa shape index (κ2) is 9.40. The molecule has 6 heteroatoms. The Hall–Kier alpha value is -1.82. The average molecular weight is 396 g/mol. The van der Waals surface area contributed by atoms with Crippen molar-refractivity contribution in [2.24, 2.45) is 0 Å². The summed E-state index contributed by atoms with van der Waals surface area (Å²) in [5, 5.41) is 20.8. The van der Waals surface area contributed by atoms with Crippen LogP contribution in [0.5, 0.6) is 11.5 Å². The third-order valence-electron chi connectivity index (χ3n) is 4.96. The molecule has 0 saturated carbocycles. The molecule has 1 aliphatic heterocycles. The lowest BCUT2D eigenvalue weighted by Gasteiger charge is -2.44. The van der Waals surface area contributed by atoms with Crippen molar-refractivity contribution in [3.8, 4) is 11.5 Å². The van der Waals surface area contributed by atoms with E-state index in [1.165, 1.54) is 12.1 Å². The van der Waals surface area contributed by atoms with Gasteiger partial charge in [0.05, 0.1) is 0 Å². The van der Waals surface area contributed by atoms with Crippen molar-refractivity contribution >= 4 is 12.4 Å². The fourth-order valence-electron chi connectivity index (χ4n) is 3.52. The van der Waals surface area contributed by atoms with E-state index in [-0.39, 0.29) is 24.0 Å². The Balaban J connectivity index is 0.00000261. The van der Waals surface area contributed by atoms with Crippen LogP contribution in [0.2, 0.25) is 0 Å². The van der Waals surface area contributed by atoms with Gasteiger partial charge in [-0.05, 0) is 61.3 Å². The van der Waals surface area contributed by atoms with Gasteiger partial charge in [-0.25, -0.2) is 4.39 Å². The van der Waals surface area contributed by atoms with Gasteiger partial charge in [0.15, 0.2) is 0 Å². The third-order valence-corrected chi connectivity index (χ3v) is 4.96. The number of rotatable bonds is 6. The van der Waals surface area contributed by atoms with E-state index in [0.717, 1.165) is 25.1 Å². The van der Waals surface area contributed by atoms with E-state index in [0.29, 0.717) is 25.1 Å². The maximum absolute atomic E-state index is 13.2. The molecule has 1 saturated heterocycles. The van der Waals surface area contributed by atoms with Crippen molar-refractivity contribution < 1.29 is 19.3 Å². The standard InChI is InChI=1S/C21H26FNO3.ClH/c1-2-12-23-13-11-21(25,14-16-3-5-17(22)6-4-16)20(15-23)26-19-9-7-18(24)8-10-19;/h3-10,20,24-25H,2,11-15H2,1H3;1H. The number of aliphatic hydroxyl groups is 1. The van der Waals surface area contributed by atoms with E-state index < -0.39 is 11.7 Å². The molecule has 1 aliphatic rings. The first kappa shape index (κ1) is 21.5. The molecule has 0 radical (unpaired) electrons. The van der Waals surface area contributed by atoms with Gasteiger partial charge in [-0.15, -0.1) is 12.4 Å². The summed E-state index contributed by atoms with van der Waals surface area (Å²) in [5.74, 6) is 0.509. The molecular formula is C21H27ClFNO3. The van der Waals surface area contributed by atoms with Crippen molar-refractivity contribution in [1.29, 1.82) is 0 Å². The number of aromatic hydroxyl groups is 1. The van der Waals surface area contributed by atoms with Crippen molar-refractivity contribution in [2.75, 3.05) is 19.6 Å². The van der Waals surface area contributed by atoms with Crippen molar-refractivity contribution in [3.05, 3.63) is 59.9 Å². The van der Waals surface area contributed by atoms with Gasteiger partial charge in [0.2, 0.25) is 0 Å².